The van der Waals surface area contributed by atoms with Crippen LogP contribution in [0.2, 0.25) is 5.02 Å². The normalized spacial score (nSPS) is 28.5. The van der Waals surface area contributed by atoms with E-state index in [1.165, 1.54) is 0 Å². The van der Waals surface area contributed by atoms with E-state index in [1.54, 1.807) is 6.07 Å². The molecule has 0 aromatic heterocycles. The number of hydrogen-bond acceptors (Lipinski definition) is 9. The largest absolute Gasteiger partial charge is 0.486 e. The summed E-state index contributed by atoms with van der Waals surface area (Å²) in [5.41, 5.74) is 2.01. The van der Waals surface area contributed by atoms with Crippen LogP contribution in [0.3, 0.4) is 0 Å². The summed E-state index contributed by atoms with van der Waals surface area (Å²) in [6.45, 7) is 1.02. The van der Waals surface area contributed by atoms with Crippen LogP contribution in [0.4, 0.5) is 0 Å². The van der Waals surface area contributed by atoms with Crippen molar-refractivity contribution in [2.75, 3.05) is 33.0 Å². The number of fused-ring (bicyclic) bond motifs is 2. The number of hydrogen-bond donors (Lipinski definition) is 4. The molecule has 4 N–H and O–H groups in total. The van der Waals surface area contributed by atoms with Crippen molar-refractivity contribution in [3.05, 3.63) is 46.0 Å². The van der Waals surface area contributed by atoms with E-state index in [0.29, 0.717) is 65.4 Å². The van der Waals surface area contributed by atoms with Gasteiger partial charge in [-0.25, -0.2) is 0 Å². The third-order valence-electron chi connectivity index (χ3n) is 6.06. The van der Waals surface area contributed by atoms with Crippen molar-refractivity contribution >= 4 is 11.6 Å². The maximum Gasteiger partial charge on any atom is 0.180 e. The first-order valence-electron chi connectivity index (χ1n) is 10.8. The standard InChI is InChI=1S/C23H25ClO9/c24-17-12(7-11-1-2-14-15(8-11)30-4-3-29-14)9-13(22-23(17)32-6-5-31-22)21-20(28)19(27)18(26)16(10-25)33-21/h1-2,8-9,16,18-21,25-28H,3-7,10H2. The van der Waals surface area contributed by atoms with Crippen molar-refractivity contribution in [1.29, 1.82) is 0 Å². The molecule has 10 heteroatoms. The third kappa shape index (κ3) is 4.09. The number of benzene rings is 2. The third-order valence-corrected chi connectivity index (χ3v) is 6.47. The zero-order chi connectivity index (χ0) is 23.1. The minimum absolute atomic E-state index is 0.273. The van der Waals surface area contributed by atoms with Gasteiger partial charge in [-0.15, -0.1) is 0 Å². The molecule has 9 nitrogen and oxygen atoms in total. The molecular weight excluding hydrogens is 456 g/mol. The lowest BCUT2D eigenvalue weighted by molar-refractivity contribution is -0.232. The van der Waals surface area contributed by atoms with Crippen molar-refractivity contribution in [1.82, 2.24) is 0 Å². The van der Waals surface area contributed by atoms with Crippen LogP contribution in [0.5, 0.6) is 23.0 Å². The number of ether oxygens (including phenoxy) is 5. The van der Waals surface area contributed by atoms with Gasteiger partial charge in [0.25, 0.3) is 0 Å². The van der Waals surface area contributed by atoms with E-state index in [2.05, 4.69) is 0 Å². The van der Waals surface area contributed by atoms with Gasteiger partial charge in [0.15, 0.2) is 23.0 Å². The van der Waals surface area contributed by atoms with E-state index in [-0.39, 0.29) is 6.61 Å². The van der Waals surface area contributed by atoms with Crippen molar-refractivity contribution in [3.8, 4) is 23.0 Å². The Balaban J connectivity index is 1.54. The Kier molecular flexibility index (Phi) is 6.26. The van der Waals surface area contributed by atoms with Gasteiger partial charge in [0.2, 0.25) is 0 Å². The van der Waals surface area contributed by atoms with Gasteiger partial charge in [0, 0.05) is 5.56 Å². The molecule has 2 aromatic rings. The van der Waals surface area contributed by atoms with Crippen LogP contribution < -0.4 is 18.9 Å². The summed E-state index contributed by atoms with van der Waals surface area (Å²) < 4.78 is 28.6. The van der Waals surface area contributed by atoms with Gasteiger partial charge in [-0.1, -0.05) is 17.7 Å². The Bertz CT molecular complexity index is 1030. The minimum atomic E-state index is -1.52. The number of aliphatic hydroxyl groups is 4. The fourth-order valence-corrected chi connectivity index (χ4v) is 4.64. The van der Waals surface area contributed by atoms with Crippen molar-refractivity contribution in [2.24, 2.45) is 0 Å². The first kappa shape index (κ1) is 22.5. The van der Waals surface area contributed by atoms with Crippen molar-refractivity contribution in [2.45, 2.75) is 36.9 Å². The second-order valence-corrected chi connectivity index (χ2v) is 8.58. The molecule has 3 heterocycles. The molecular formula is C23H25ClO9. The number of aliphatic hydroxyl groups excluding tert-OH is 4. The summed E-state index contributed by atoms with van der Waals surface area (Å²) in [7, 11) is 0. The topological polar surface area (TPSA) is 127 Å². The molecule has 0 aliphatic carbocycles. The summed E-state index contributed by atoms with van der Waals surface area (Å²) in [4.78, 5) is 0. The van der Waals surface area contributed by atoms with Crippen LogP contribution in [0, 0.1) is 0 Å². The molecule has 2 aromatic carbocycles. The zero-order valence-corrected chi connectivity index (χ0v) is 18.4. The summed E-state index contributed by atoms with van der Waals surface area (Å²) in [6, 6.07) is 7.37. The van der Waals surface area contributed by atoms with Gasteiger partial charge in [-0.05, 0) is 35.7 Å². The Morgan fingerprint density at radius 1 is 0.818 bits per heavy atom. The van der Waals surface area contributed by atoms with Gasteiger partial charge in [-0.2, -0.15) is 0 Å². The molecule has 0 radical (unpaired) electrons. The number of rotatable bonds is 4. The van der Waals surface area contributed by atoms with Gasteiger partial charge in [-0.3, -0.25) is 0 Å². The fraction of sp³-hybridized carbons (Fsp3) is 0.478. The molecule has 1 saturated heterocycles. The average Bonchev–Trinajstić information content (AvgIpc) is 2.85. The Morgan fingerprint density at radius 2 is 1.52 bits per heavy atom. The molecule has 0 amide bonds. The lowest BCUT2D eigenvalue weighted by Crippen LogP contribution is -2.55. The summed E-state index contributed by atoms with van der Waals surface area (Å²) in [6.07, 6.45) is -6.15. The van der Waals surface area contributed by atoms with Crippen LogP contribution in [0.25, 0.3) is 0 Å². The molecule has 5 atom stereocenters. The lowest BCUT2D eigenvalue weighted by atomic mass is 9.89. The van der Waals surface area contributed by atoms with E-state index < -0.39 is 37.1 Å². The summed E-state index contributed by atoms with van der Waals surface area (Å²) >= 11 is 6.68. The monoisotopic (exact) mass is 480 g/mol. The highest BCUT2D eigenvalue weighted by Crippen LogP contribution is 2.48. The average molecular weight is 481 g/mol. The van der Waals surface area contributed by atoms with E-state index in [4.69, 9.17) is 35.3 Å². The Labute approximate surface area is 195 Å². The van der Waals surface area contributed by atoms with Crippen LogP contribution in [-0.2, 0) is 11.2 Å². The molecule has 1 fully saturated rings. The van der Waals surface area contributed by atoms with Gasteiger partial charge < -0.3 is 44.1 Å². The second-order valence-electron chi connectivity index (χ2n) is 8.20. The Morgan fingerprint density at radius 3 is 2.27 bits per heavy atom. The van der Waals surface area contributed by atoms with Gasteiger partial charge in [0.05, 0.1) is 11.6 Å². The SMILES string of the molecule is OCC1OC(c2cc(Cc3ccc4c(c3)OCCO4)c(Cl)c3c2OCCO3)C(O)C(O)C1O. The minimum Gasteiger partial charge on any atom is -0.486 e. The molecule has 5 rings (SSSR count). The number of halogens is 1. The highest BCUT2D eigenvalue weighted by Gasteiger charge is 2.45. The van der Waals surface area contributed by atoms with Crippen molar-refractivity contribution < 1.29 is 44.1 Å². The quantitative estimate of drug-likeness (QED) is 0.506. The van der Waals surface area contributed by atoms with E-state index in [0.717, 1.165) is 5.56 Å². The molecule has 5 unspecified atom stereocenters. The van der Waals surface area contributed by atoms with E-state index in [1.807, 2.05) is 18.2 Å². The predicted octanol–water partition coefficient (Wildman–Crippen LogP) is 0.988. The van der Waals surface area contributed by atoms with Crippen LogP contribution in [-0.4, -0.2) is 77.9 Å². The summed E-state index contributed by atoms with van der Waals surface area (Å²) in [5, 5.41) is 41.1. The molecule has 0 bridgehead atoms. The maximum absolute atomic E-state index is 10.7. The highest BCUT2D eigenvalue weighted by atomic mass is 35.5. The lowest BCUT2D eigenvalue weighted by Gasteiger charge is -2.41. The molecule has 33 heavy (non-hydrogen) atoms. The van der Waals surface area contributed by atoms with Crippen LogP contribution >= 0.6 is 11.6 Å². The first-order chi connectivity index (χ1) is 16.0. The molecule has 0 saturated carbocycles. The van der Waals surface area contributed by atoms with Crippen LogP contribution in [0.1, 0.15) is 22.8 Å². The van der Waals surface area contributed by atoms with Crippen LogP contribution in [0.15, 0.2) is 24.3 Å². The highest BCUT2D eigenvalue weighted by molar-refractivity contribution is 6.33. The second kappa shape index (κ2) is 9.17. The molecule has 3 aliphatic heterocycles. The predicted molar refractivity (Wildman–Crippen MR) is 115 cm³/mol. The van der Waals surface area contributed by atoms with Gasteiger partial charge >= 0.3 is 0 Å². The fourth-order valence-electron chi connectivity index (χ4n) is 4.37. The molecule has 3 aliphatic rings. The van der Waals surface area contributed by atoms with E-state index in [9.17, 15) is 20.4 Å². The Hall–Kier alpha value is -2.27. The summed E-state index contributed by atoms with van der Waals surface area (Å²) in [5.74, 6) is 1.97. The van der Waals surface area contributed by atoms with E-state index >= 15 is 0 Å². The zero-order valence-electron chi connectivity index (χ0n) is 17.6. The van der Waals surface area contributed by atoms with Gasteiger partial charge in [0.1, 0.15) is 56.9 Å². The molecule has 0 spiro atoms. The smallest absolute Gasteiger partial charge is 0.180 e. The first-order valence-corrected chi connectivity index (χ1v) is 11.2. The molecule has 178 valence electrons. The van der Waals surface area contributed by atoms with Crippen molar-refractivity contribution in [3.63, 3.8) is 0 Å². The maximum atomic E-state index is 10.7.